The molecule has 1 atom stereocenters. The van der Waals surface area contributed by atoms with Crippen LogP contribution in [0.1, 0.15) is 56.0 Å². The lowest BCUT2D eigenvalue weighted by Crippen LogP contribution is -2.30. The number of amides is 1. The Morgan fingerprint density at radius 2 is 1.34 bits per heavy atom. The molecule has 0 aliphatic rings. The van der Waals surface area contributed by atoms with Crippen molar-refractivity contribution in [2.24, 2.45) is 0 Å². The normalized spacial score (nSPS) is 11.3. The van der Waals surface area contributed by atoms with Crippen molar-refractivity contribution >= 4 is 29.1 Å². The number of carbonyl (C=O) groups is 4. The minimum atomic E-state index is -1.10. The van der Waals surface area contributed by atoms with Crippen molar-refractivity contribution in [1.29, 1.82) is 0 Å². The molecule has 6 nitrogen and oxygen atoms in total. The first-order valence-electron chi connectivity index (χ1n) is 10.1. The molecule has 0 spiro atoms. The Hall–Kier alpha value is -4.06. The summed E-state index contributed by atoms with van der Waals surface area (Å²) in [6.45, 7) is 4.82. The van der Waals surface area contributed by atoms with Crippen LogP contribution in [0.5, 0.6) is 0 Å². The van der Waals surface area contributed by atoms with Crippen molar-refractivity contribution in [1.82, 2.24) is 0 Å². The maximum Gasteiger partial charge on any atom is 0.339 e. The van der Waals surface area contributed by atoms with E-state index < -0.39 is 18.0 Å². The summed E-state index contributed by atoms with van der Waals surface area (Å²) in [7, 11) is 0. The number of rotatable bonds is 7. The number of hydrogen-bond acceptors (Lipinski definition) is 5. The van der Waals surface area contributed by atoms with Crippen LogP contribution in [0, 0.1) is 6.92 Å². The molecule has 0 radical (unpaired) electrons. The van der Waals surface area contributed by atoms with Crippen LogP contribution >= 0.6 is 0 Å². The summed E-state index contributed by atoms with van der Waals surface area (Å²) in [4.78, 5) is 49.5. The van der Waals surface area contributed by atoms with E-state index in [2.05, 4.69) is 5.32 Å². The predicted octanol–water partition coefficient (Wildman–Crippen LogP) is 4.61. The molecule has 3 aromatic rings. The van der Waals surface area contributed by atoms with Gasteiger partial charge in [0.15, 0.2) is 17.7 Å². The second-order valence-corrected chi connectivity index (χ2v) is 7.41. The second kappa shape index (κ2) is 9.83. The van der Waals surface area contributed by atoms with Crippen LogP contribution in [-0.4, -0.2) is 29.5 Å². The number of Topliss-reactive ketones (excluding diaryl/α,β-unsaturated/α-hetero) is 1. The highest BCUT2D eigenvalue weighted by molar-refractivity contribution is 6.14. The van der Waals surface area contributed by atoms with Gasteiger partial charge in [0.1, 0.15) is 0 Å². The lowest BCUT2D eigenvalue weighted by atomic mass is 9.98. The molecule has 0 aliphatic heterocycles. The van der Waals surface area contributed by atoms with Crippen LogP contribution in [0.4, 0.5) is 5.69 Å². The first-order valence-corrected chi connectivity index (χ1v) is 10.1. The van der Waals surface area contributed by atoms with Gasteiger partial charge in [0.25, 0.3) is 5.91 Å². The number of esters is 1. The van der Waals surface area contributed by atoms with Crippen molar-refractivity contribution in [2.45, 2.75) is 26.9 Å². The van der Waals surface area contributed by atoms with Gasteiger partial charge in [-0.1, -0.05) is 48.0 Å². The molecule has 0 heterocycles. The molecule has 6 heteroatoms. The summed E-state index contributed by atoms with van der Waals surface area (Å²) >= 11 is 0. The van der Waals surface area contributed by atoms with Gasteiger partial charge in [0, 0.05) is 22.4 Å². The van der Waals surface area contributed by atoms with Crippen LogP contribution < -0.4 is 5.32 Å². The number of aryl methyl sites for hydroxylation is 1. The third-order valence-corrected chi connectivity index (χ3v) is 4.92. The number of benzene rings is 3. The van der Waals surface area contributed by atoms with E-state index in [-0.39, 0.29) is 22.7 Å². The minimum absolute atomic E-state index is 0.0796. The Balaban J connectivity index is 1.71. The first kappa shape index (κ1) is 22.6. The summed E-state index contributed by atoms with van der Waals surface area (Å²) in [6, 6.07) is 19.8. The summed E-state index contributed by atoms with van der Waals surface area (Å²) in [5.41, 5.74) is 2.76. The molecule has 0 aromatic heterocycles. The van der Waals surface area contributed by atoms with Gasteiger partial charge in [-0.2, -0.15) is 0 Å². The van der Waals surface area contributed by atoms with Crippen LogP contribution in [-0.2, 0) is 9.53 Å². The molecule has 0 bridgehead atoms. The Bertz CT molecular complexity index is 1160. The van der Waals surface area contributed by atoms with Crippen molar-refractivity contribution in [2.75, 3.05) is 5.32 Å². The van der Waals surface area contributed by atoms with Crippen molar-refractivity contribution in [3.8, 4) is 0 Å². The third-order valence-electron chi connectivity index (χ3n) is 4.92. The topological polar surface area (TPSA) is 89.5 Å². The van der Waals surface area contributed by atoms with E-state index in [4.69, 9.17) is 4.74 Å². The highest BCUT2D eigenvalue weighted by Crippen LogP contribution is 2.18. The monoisotopic (exact) mass is 429 g/mol. The number of carbonyl (C=O) groups excluding carboxylic acids is 4. The molecular formula is C26H23NO5. The van der Waals surface area contributed by atoms with Crippen molar-refractivity contribution in [3.05, 3.63) is 101 Å². The SMILES string of the molecule is CC(=O)c1ccc(NC(=O)C(C)OC(=O)c2ccccc2C(=O)c2ccc(C)cc2)cc1. The molecule has 162 valence electrons. The van der Waals surface area contributed by atoms with Gasteiger partial charge in [0.2, 0.25) is 0 Å². The van der Waals surface area contributed by atoms with Gasteiger partial charge in [0.05, 0.1) is 5.56 Å². The molecule has 0 aliphatic carbocycles. The molecule has 1 unspecified atom stereocenters. The fourth-order valence-electron chi connectivity index (χ4n) is 3.03. The standard InChI is InChI=1S/C26H23NO5/c1-16-8-10-20(11-9-16)24(29)22-6-4-5-7-23(22)26(31)32-18(3)25(30)27-21-14-12-19(13-15-21)17(2)28/h4-15,18H,1-3H3,(H,27,30). The molecule has 0 saturated carbocycles. The minimum Gasteiger partial charge on any atom is -0.449 e. The fraction of sp³-hybridized carbons (Fsp3) is 0.154. The molecule has 32 heavy (non-hydrogen) atoms. The van der Waals surface area contributed by atoms with Gasteiger partial charge >= 0.3 is 5.97 Å². The maximum absolute atomic E-state index is 12.9. The highest BCUT2D eigenvalue weighted by atomic mass is 16.5. The first-order chi connectivity index (χ1) is 15.3. The number of ether oxygens (including phenoxy) is 1. The molecule has 1 N–H and O–H groups in total. The fourth-order valence-corrected chi connectivity index (χ4v) is 3.03. The zero-order chi connectivity index (χ0) is 23.3. The molecule has 0 fully saturated rings. The molecule has 3 aromatic carbocycles. The smallest absolute Gasteiger partial charge is 0.339 e. The Labute approximate surface area is 186 Å². The average molecular weight is 429 g/mol. The number of ketones is 2. The van der Waals surface area contributed by atoms with Crippen molar-refractivity contribution < 1.29 is 23.9 Å². The largest absolute Gasteiger partial charge is 0.449 e. The zero-order valence-corrected chi connectivity index (χ0v) is 18.0. The lowest BCUT2D eigenvalue weighted by molar-refractivity contribution is -0.123. The van der Waals surface area contributed by atoms with Crippen LogP contribution in [0.25, 0.3) is 0 Å². The van der Waals surface area contributed by atoms with Gasteiger partial charge in [-0.25, -0.2) is 4.79 Å². The van der Waals surface area contributed by atoms with E-state index in [1.165, 1.54) is 19.9 Å². The van der Waals surface area contributed by atoms with Crippen LogP contribution in [0.15, 0.2) is 72.8 Å². The van der Waals surface area contributed by atoms with E-state index in [1.54, 1.807) is 54.6 Å². The van der Waals surface area contributed by atoms with E-state index in [0.717, 1.165) is 5.56 Å². The quantitative estimate of drug-likeness (QED) is 0.437. The van der Waals surface area contributed by atoms with E-state index in [9.17, 15) is 19.2 Å². The van der Waals surface area contributed by atoms with Crippen molar-refractivity contribution in [3.63, 3.8) is 0 Å². The summed E-state index contributed by atoms with van der Waals surface area (Å²) in [6.07, 6.45) is -1.10. The summed E-state index contributed by atoms with van der Waals surface area (Å²) in [5.74, 6) is -1.68. The predicted molar refractivity (Wildman–Crippen MR) is 121 cm³/mol. The van der Waals surface area contributed by atoms with E-state index in [0.29, 0.717) is 16.8 Å². The van der Waals surface area contributed by atoms with Gasteiger partial charge in [-0.05, 0) is 51.1 Å². The van der Waals surface area contributed by atoms with Gasteiger partial charge < -0.3 is 10.1 Å². The molecule has 0 saturated heterocycles. The Morgan fingerprint density at radius 3 is 1.94 bits per heavy atom. The number of anilines is 1. The maximum atomic E-state index is 12.9. The molecular weight excluding hydrogens is 406 g/mol. The number of hydrogen-bond donors (Lipinski definition) is 1. The lowest BCUT2D eigenvalue weighted by Gasteiger charge is -2.15. The van der Waals surface area contributed by atoms with Gasteiger partial charge in [-0.15, -0.1) is 0 Å². The summed E-state index contributed by atoms with van der Waals surface area (Å²) in [5, 5.41) is 2.64. The zero-order valence-electron chi connectivity index (χ0n) is 18.0. The second-order valence-electron chi connectivity index (χ2n) is 7.41. The molecule has 1 amide bonds. The Morgan fingerprint density at radius 1 is 0.781 bits per heavy atom. The van der Waals surface area contributed by atoms with E-state index >= 15 is 0 Å². The average Bonchev–Trinajstić information content (AvgIpc) is 2.79. The summed E-state index contributed by atoms with van der Waals surface area (Å²) < 4.78 is 5.32. The van der Waals surface area contributed by atoms with Crippen LogP contribution in [0.2, 0.25) is 0 Å². The third kappa shape index (κ3) is 5.35. The van der Waals surface area contributed by atoms with Gasteiger partial charge in [-0.3, -0.25) is 14.4 Å². The van der Waals surface area contributed by atoms with E-state index in [1.807, 2.05) is 19.1 Å². The number of nitrogens with one attached hydrogen (secondary N) is 1. The van der Waals surface area contributed by atoms with Crippen LogP contribution in [0.3, 0.4) is 0 Å². The molecule has 3 rings (SSSR count). The Kier molecular flexibility index (Phi) is 6.95. The highest BCUT2D eigenvalue weighted by Gasteiger charge is 2.23.